The van der Waals surface area contributed by atoms with Crippen LogP contribution in [0.5, 0.6) is 5.75 Å². The van der Waals surface area contributed by atoms with Crippen LogP contribution >= 0.6 is 0 Å². The minimum absolute atomic E-state index is 0.00612. The molecular formula is C30H44N4O2. The number of nitrogen functional groups attached to an aromatic ring is 1. The lowest BCUT2D eigenvalue weighted by atomic mass is 9.88. The number of aromatic nitrogens is 3. The van der Waals surface area contributed by atoms with Gasteiger partial charge in [0.25, 0.3) is 0 Å². The summed E-state index contributed by atoms with van der Waals surface area (Å²) in [6.45, 7) is 15.3. The van der Waals surface area contributed by atoms with Crippen molar-refractivity contribution in [2.75, 3.05) is 12.3 Å². The van der Waals surface area contributed by atoms with E-state index in [0.717, 1.165) is 66.8 Å². The van der Waals surface area contributed by atoms with Gasteiger partial charge in [-0.2, -0.15) is 0 Å². The third kappa shape index (κ3) is 6.08. The van der Waals surface area contributed by atoms with E-state index in [1.54, 1.807) is 6.92 Å². The van der Waals surface area contributed by atoms with Crippen LogP contribution in [0.1, 0.15) is 108 Å². The number of ketones is 1. The van der Waals surface area contributed by atoms with E-state index in [1.807, 2.05) is 31.3 Å². The summed E-state index contributed by atoms with van der Waals surface area (Å²) in [5.74, 6) is 3.73. The molecule has 2 atom stereocenters. The molecule has 2 aromatic heterocycles. The zero-order valence-electron chi connectivity index (χ0n) is 23.2. The summed E-state index contributed by atoms with van der Waals surface area (Å²) in [4.78, 5) is 22.0. The number of Topliss-reactive ketones (excluding diaryl/α,β-unsaturated/α-hetero) is 1. The number of rotatable bonds is 13. The monoisotopic (exact) mass is 492 g/mol. The molecule has 0 fully saturated rings. The maximum atomic E-state index is 12.1. The molecule has 6 nitrogen and oxygen atoms in total. The van der Waals surface area contributed by atoms with Crippen LogP contribution in [-0.2, 0) is 6.42 Å². The number of nitrogens with two attached hydrogens (primary N) is 1. The number of hydrogen-bond donors (Lipinski definition) is 1. The Morgan fingerprint density at radius 2 is 1.89 bits per heavy atom. The summed E-state index contributed by atoms with van der Waals surface area (Å²) >= 11 is 0. The summed E-state index contributed by atoms with van der Waals surface area (Å²) in [5.41, 5.74) is 10.8. The fourth-order valence-electron chi connectivity index (χ4n) is 4.87. The molecule has 36 heavy (non-hydrogen) atoms. The molecule has 0 radical (unpaired) electrons. The number of carbonyl (C=O) groups excluding carboxylic acids is 1. The molecule has 0 amide bonds. The van der Waals surface area contributed by atoms with E-state index >= 15 is 0 Å². The molecule has 2 unspecified atom stereocenters. The quantitative estimate of drug-likeness (QED) is 0.250. The van der Waals surface area contributed by atoms with E-state index in [9.17, 15) is 4.79 Å². The standard InChI is InChI=1S/C30H44N4O2/c1-8-11-24-18-32-29(31)28-27(25-15-14-22(21(7)35)17-26(25)36-10-3)33-30(34(24)28)23(13-12-19(4)5)16-20(6)9-2/h14-15,17-20,23H,8-13,16H2,1-7H3,(H2,31,32). The van der Waals surface area contributed by atoms with E-state index in [-0.39, 0.29) is 5.78 Å². The predicted molar refractivity (Wildman–Crippen MR) is 149 cm³/mol. The first-order chi connectivity index (χ1) is 17.2. The number of benzene rings is 1. The molecular weight excluding hydrogens is 448 g/mol. The van der Waals surface area contributed by atoms with E-state index < -0.39 is 0 Å². The first-order valence-electron chi connectivity index (χ1n) is 13.6. The second-order valence-corrected chi connectivity index (χ2v) is 10.5. The van der Waals surface area contributed by atoms with Crippen LogP contribution in [0.15, 0.2) is 24.4 Å². The van der Waals surface area contributed by atoms with Crippen molar-refractivity contribution in [3.05, 3.63) is 41.5 Å². The van der Waals surface area contributed by atoms with Gasteiger partial charge in [-0.3, -0.25) is 9.20 Å². The minimum Gasteiger partial charge on any atom is -0.493 e. The number of aryl methyl sites for hydroxylation is 1. The highest BCUT2D eigenvalue weighted by Crippen LogP contribution is 2.40. The molecule has 0 saturated carbocycles. The largest absolute Gasteiger partial charge is 0.493 e. The van der Waals surface area contributed by atoms with Crippen LogP contribution in [-0.4, -0.2) is 26.8 Å². The van der Waals surface area contributed by atoms with Crippen molar-refractivity contribution in [2.24, 2.45) is 11.8 Å². The fourth-order valence-corrected chi connectivity index (χ4v) is 4.87. The molecule has 0 saturated heterocycles. The number of fused-ring (bicyclic) bond motifs is 1. The average molecular weight is 493 g/mol. The van der Waals surface area contributed by atoms with Crippen LogP contribution in [0, 0.1) is 11.8 Å². The summed E-state index contributed by atoms with van der Waals surface area (Å²) in [5, 5.41) is 0. The van der Waals surface area contributed by atoms with Gasteiger partial charge >= 0.3 is 0 Å². The molecule has 196 valence electrons. The van der Waals surface area contributed by atoms with Gasteiger partial charge in [0, 0.05) is 28.9 Å². The van der Waals surface area contributed by atoms with Gasteiger partial charge < -0.3 is 10.5 Å². The molecule has 3 aromatic rings. The van der Waals surface area contributed by atoms with Crippen LogP contribution in [0.25, 0.3) is 16.8 Å². The molecule has 0 aliphatic rings. The normalized spacial score (nSPS) is 13.3. The molecule has 6 heteroatoms. The van der Waals surface area contributed by atoms with Crippen LogP contribution < -0.4 is 10.5 Å². The van der Waals surface area contributed by atoms with Crippen molar-refractivity contribution in [1.82, 2.24) is 14.4 Å². The van der Waals surface area contributed by atoms with Crippen LogP contribution in [0.2, 0.25) is 0 Å². The maximum absolute atomic E-state index is 12.1. The van der Waals surface area contributed by atoms with Crippen molar-refractivity contribution in [3.63, 3.8) is 0 Å². The zero-order chi connectivity index (χ0) is 26.4. The van der Waals surface area contributed by atoms with E-state index in [1.165, 1.54) is 0 Å². The van der Waals surface area contributed by atoms with Gasteiger partial charge in [-0.15, -0.1) is 0 Å². The predicted octanol–water partition coefficient (Wildman–Crippen LogP) is 7.49. The van der Waals surface area contributed by atoms with Crippen molar-refractivity contribution >= 4 is 17.1 Å². The highest BCUT2D eigenvalue weighted by Gasteiger charge is 2.27. The summed E-state index contributed by atoms with van der Waals surface area (Å²) in [7, 11) is 0. The molecule has 0 aliphatic heterocycles. The number of carbonyl (C=O) groups is 1. The smallest absolute Gasteiger partial charge is 0.159 e. The second kappa shape index (κ2) is 12.4. The number of ether oxygens (including phenoxy) is 1. The lowest BCUT2D eigenvalue weighted by Crippen LogP contribution is -2.13. The Kier molecular flexibility index (Phi) is 9.52. The Morgan fingerprint density at radius 3 is 2.50 bits per heavy atom. The number of nitrogens with zero attached hydrogens (tertiary/aromatic N) is 3. The molecule has 2 N–H and O–H groups in total. The summed E-state index contributed by atoms with van der Waals surface area (Å²) in [6.07, 6.45) is 8.26. The number of hydrogen-bond acceptors (Lipinski definition) is 5. The van der Waals surface area contributed by atoms with Crippen molar-refractivity contribution in [1.29, 1.82) is 0 Å². The zero-order valence-corrected chi connectivity index (χ0v) is 23.2. The van der Waals surface area contributed by atoms with Gasteiger partial charge in [0.15, 0.2) is 5.78 Å². The SMILES string of the molecule is CCCc1cnc(N)c2c(-c3ccc(C(C)=O)cc3OCC)nc(C(CCC(C)C)CC(C)CC)n12. The van der Waals surface area contributed by atoms with Gasteiger partial charge in [-0.1, -0.05) is 59.9 Å². The van der Waals surface area contributed by atoms with Crippen LogP contribution in [0.3, 0.4) is 0 Å². The van der Waals surface area contributed by atoms with E-state index in [0.29, 0.717) is 41.5 Å². The molecule has 0 aliphatic carbocycles. The minimum atomic E-state index is 0.00612. The molecule has 3 rings (SSSR count). The summed E-state index contributed by atoms with van der Waals surface area (Å²) in [6, 6.07) is 5.61. The Morgan fingerprint density at radius 1 is 1.14 bits per heavy atom. The topological polar surface area (TPSA) is 82.5 Å². The molecule has 2 heterocycles. The molecule has 1 aromatic carbocycles. The van der Waals surface area contributed by atoms with E-state index in [4.69, 9.17) is 15.5 Å². The van der Waals surface area contributed by atoms with Crippen molar-refractivity contribution in [2.45, 2.75) is 92.9 Å². The van der Waals surface area contributed by atoms with E-state index in [2.05, 4.69) is 44.0 Å². The Labute approximate surface area is 216 Å². The lowest BCUT2D eigenvalue weighted by Gasteiger charge is -2.21. The van der Waals surface area contributed by atoms with Gasteiger partial charge in [0.2, 0.25) is 0 Å². The molecule has 0 bridgehead atoms. The Balaban J connectivity index is 2.33. The number of anilines is 1. The van der Waals surface area contributed by atoms with Gasteiger partial charge in [0.1, 0.15) is 28.6 Å². The third-order valence-corrected chi connectivity index (χ3v) is 7.08. The van der Waals surface area contributed by atoms with Crippen molar-refractivity contribution in [3.8, 4) is 17.0 Å². The first kappa shape index (κ1) is 27.7. The third-order valence-electron chi connectivity index (χ3n) is 7.08. The molecule has 0 spiro atoms. The van der Waals surface area contributed by atoms with Crippen molar-refractivity contribution < 1.29 is 9.53 Å². The van der Waals surface area contributed by atoms with Crippen LogP contribution in [0.4, 0.5) is 5.82 Å². The maximum Gasteiger partial charge on any atom is 0.159 e. The fraction of sp³-hybridized carbons (Fsp3) is 0.567. The Hall–Kier alpha value is -2.89. The highest BCUT2D eigenvalue weighted by molar-refractivity contribution is 5.96. The van der Waals surface area contributed by atoms with Gasteiger partial charge in [-0.05, 0) is 57.1 Å². The second-order valence-electron chi connectivity index (χ2n) is 10.5. The number of imidazole rings is 1. The van der Waals surface area contributed by atoms with Gasteiger partial charge in [-0.25, -0.2) is 9.97 Å². The first-order valence-corrected chi connectivity index (χ1v) is 13.6. The highest BCUT2D eigenvalue weighted by atomic mass is 16.5. The van der Waals surface area contributed by atoms with Gasteiger partial charge in [0.05, 0.1) is 6.61 Å². The lowest BCUT2D eigenvalue weighted by molar-refractivity contribution is 0.101. The summed E-state index contributed by atoms with van der Waals surface area (Å²) < 4.78 is 8.30. The average Bonchev–Trinajstić information content (AvgIpc) is 3.24. The Bertz CT molecular complexity index is 1180.